The Hall–Kier alpha value is -3.46. The van der Waals surface area contributed by atoms with Crippen molar-refractivity contribution in [3.63, 3.8) is 0 Å². The normalized spacial score (nSPS) is 16.3. The predicted molar refractivity (Wildman–Crippen MR) is 130 cm³/mol. The average molecular weight is 481 g/mol. The second-order valence-electron chi connectivity index (χ2n) is 9.70. The summed E-state index contributed by atoms with van der Waals surface area (Å²) < 4.78 is 27.7. The molecule has 0 spiro atoms. The molecule has 3 aromatic rings. The second kappa shape index (κ2) is 9.06. The molecule has 8 nitrogen and oxygen atoms in total. The Morgan fingerprint density at radius 3 is 2.50 bits per heavy atom. The lowest BCUT2D eigenvalue weighted by Crippen LogP contribution is -2.24. The SMILES string of the molecule is CC(C)(C)CS(=O)(=O)c1cccc(-c2cc(NC(=O)[C@@H]3CNC(=O)C3)nn2-c2ccccc2)c1. The van der Waals surface area contributed by atoms with Gasteiger partial charge < -0.3 is 10.6 Å². The van der Waals surface area contributed by atoms with E-state index in [1.165, 1.54) is 0 Å². The molecule has 4 rings (SSSR count). The lowest BCUT2D eigenvalue weighted by atomic mass is 10.0. The Morgan fingerprint density at radius 1 is 1.12 bits per heavy atom. The maximum absolute atomic E-state index is 13.0. The standard InChI is InChI=1S/C25H28N4O4S/c1-25(2,3)16-34(32,33)20-11-7-8-17(12-20)21-14-22(27-24(31)18-13-23(30)26-15-18)28-29(21)19-9-5-4-6-10-19/h4-12,14,18H,13,15-16H2,1-3H3,(H,26,30)(H,27,28,31)/t18-/m0/s1. The number of hydrogen-bond acceptors (Lipinski definition) is 5. The summed E-state index contributed by atoms with van der Waals surface area (Å²) in [5.74, 6) is -0.542. The first-order chi connectivity index (χ1) is 16.0. The average Bonchev–Trinajstić information content (AvgIpc) is 3.39. The van der Waals surface area contributed by atoms with E-state index in [0.717, 1.165) is 5.69 Å². The second-order valence-corrected chi connectivity index (χ2v) is 11.7. The minimum Gasteiger partial charge on any atom is -0.355 e. The lowest BCUT2D eigenvalue weighted by Gasteiger charge is -2.18. The molecule has 0 bridgehead atoms. The van der Waals surface area contributed by atoms with Crippen molar-refractivity contribution >= 4 is 27.5 Å². The Labute approximate surface area is 199 Å². The van der Waals surface area contributed by atoms with Crippen molar-refractivity contribution in [3.8, 4) is 16.9 Å². The molecule has 9 heteroatoms. The van der Waals surface area contributed by atoms with E-state index in [-0.39, 0.29) is 34.3 Å². The molecular formula is C25H28N4O4S. The highest BCUT2D eigenvalue weighted by Gasteiger charge is 2.29. The van der Waals surface area contributed by atoms with Gasteiger partial charge in [-0.2, -0.15) is 0 Å². The van der Waals surface area contributed by atoms with Crippen LogP contribution in [0.1, 0.15) is 27.2 Å². The van der Waals surface area contributed by atoms with Crippen molar-refractivity contribution < 1.29 is 18.0 Å². The molecule has 34 heavy (non-hydrogen) atoms. The molecule has 178 valence electrons. The number of aromatic nitrogens is 2. The van der Waals surface area contributed by atoms with Crippen molar-refractivity contribution in [2.45, 2.75) is 32.1 Å². The molecule has 0 saturated carbocycles. The lowest BCUT2D eigenvalue weighted by molar-refractivity contribution is -0.123. The van der Waals surface area contributed by atoms with E-state index in [0.29, 0.717) is 23.6 Å². The van der Waals surface area contributed by atoms with E-state index in [2.05, 4.69) is 15.7 Å². The first-order valence-electron chi connectivity index (χ1n) is 11.1. The zero-order chi connectivity index (χ0) is 24.5. The Bertz CT molecular complexity index is 1320. The van der Waals surface area contributed by atoms with Gasteiger partial charge in [-0.3, -0.25) is 9.59 Å². The third-order valence-corrected chi connectivity index (χ3v) is 7.64. The van der Waals surface area contributed by atoms with Crippen molar-refractivity contribution in [1.29, 1.82) is 0 Å². The van der Waals surface area contributed by atoms with Gasteiger partial charge >= 0.3 is 0 Å². The van der Waals surface area contributed by atoms with Crippen LogP contribution in [0.25, 0.3) is 16.9 Å². The molecule has 1 aromatic heterocycles. The van der Waals surface area contributed by atoms with Crippen LogP contribution in [0.2, 0.25) is 0 Å². The van der Waals surface area contributed by atoms with E-state index in [4.69, 9.17) is 0 Å². The number of para-hydroxylation sites is 1. The minimum atomic E-state index is -3.49. The van der Waals surface area contributed by atoms with Gasteiger partial charge in [0, 0.05) is 24.6 Å². The van der Waals surface area contributed by atoms with Crippen LogP contribution in [0.15, 0.2) is 65.6 Å². The molecule has 1 aliphatic heterocycles. The number of rotatable bonds is 6. The summed E-state index contributed by atoms with van der Waals surface area (Å²) >= 11 is 0. The van der Waals surface area contributed by atoms with Crippen LogP contribution in [-0.4, -0.2) is 42.3 Å². The van der Waals surface area contributed by atoms with Crippen LogP contribution in [0.5, 0.6) is 0 Å². The topological polar surface area (TPSA) is 110 Å². The molecule has 0 radical (unpaired) electrons. The van der Waals surface area contributed by atoms with Crippen LogP contribution in [0, 0.1) is 11.3 Å². The van der Waals surface area contributed by atoms with E-state index in [1.54, 1.807) is 28.9 Å². The maximum atomic E-state index is 13.0. The van der Waals surface area contributed by atoms with Crippen molar-refractivity contribution in [2.24, 2.45) is 11.3 Å². The predicted octanol–water partition coefficient (Wildman–Crippen LogP) is 3.43. The van der Waals surface area contributed by atoms with Gasteiger partial charge in [0.2, 0.25) is 11.8 Å². The fourth-order valence-electron chi connectivity index (χ4n) is 3.93. The molecule has 2 amide bonds. The molecule has 0 unspecified atom stereocenters. The highest BCUT2D eigenvalue weighted by atomic mass is 32.2. The van der Waals surface area contributed by atoms with E-state index in [1.807, 2.05) is 57.2 Å². The highest BCUT2D eigenvalue weighted by Crippen LogP contribution is 2.30. The monoisotopic (exact) mass is 480 g/mol. The largest absolute Gasteiger partial charge is 0.355 e. The Kier molecular flexibility index (Phi) is 6.31. The third kappa shape index (κ3) is 5.36. The molecular weight excluding hydrogens is 452 g/mol. The number of benzene rings is 2. The summed E-state index contributed by atoms with van der Waals surface area (Å²) in [5.41, 5.74) is 1.67. The third-order valence-electron chi connectivity index (χ3n) is 5.42. The molecule has 2 N–H and O–H groups in total. The molecule has 1 saturated heterocycles. The summed E-state index contributed by atoms with van der Waals surface area (Å²) in [4.78, 5) is 24.4. The fraction of sp³-hybridized carbons (Fsp3) is 0.320. The first kappa shape index (κ1) is 23.7. The molecule has 2 aromatic carbocycles. The zero-order valence-corrected chi connectivity index (χ0v) is 20.2. The summed E-state index contributed by atoms with van der Waals surface area (Å²) in [7, 11) is -3.49. The number of carbonyl (C=O) groups excluding carboxylic acids is 2. The number of carbonyl (C=O) groups is 2. The van der Waals surface area contributed by atoms with Gasteiger partial charge in [-0.1, -0.05) is 51.1 Å². The minimum absolute atomic E-state index is 0.0247. The Morgan fingerprint density at radius 2 is 1.85 bits per heavy atom. The van der Waals surface area contributed by atoms with Gasteiger partial charge in [-0.25, -0.2) is 13.1 Å². The number of sulfone groups is 1. The van der Waals surface area contributed by atoms with Crippen LogP contribution >= 0.6 is 0 Å². The van der Waals surface area contributed by atoms with E-state index < -0.39 is 15.8 Å². The number of nitrogens with zero attached hydrogens (tertiary/aromatic N) is 2. The molecule has 1 atom stereocenters. The number of amides is 2. The Balaban J connectivity index is 1.72. The number of nitrogens with one attached hydrogen (secondary N) is 2. The van der Waals surface area contributed by atoms with Gasteiger partial charge in [-0.15, -0.1) is 5.10 Å². The van der Waals surface area contributed by atoms with Gasteiger partial charge in [0.05, 0.1) is 27.9 Å². The molecule has 2 heterocycles. The van der Waals surface area contributed by atoms with Crippen molar-refractivity contribution in [3.05, 3.63) is 60.7 Å². The van der Waals surface area contributed by atoms with Crippen LogP contribution in [0.4, 0.5) is 5.82 Å². The summed E-state index contributed by atoms with van der Waals surface area (Å²) in [5, 5.41) is 10.0. The van der Waals surface area contributed by atoms with Crippen molar-refractivity contribution in [1.82, 2.24) is 15.1 Å². The fourth-order valence-corrected chi connectivity index (χ4v) is 5.83. The first-order valence-corrected chi connectivity index (χ1v) is 12.7. The van der Waals surface area contributed by atoms with Crippen LogP contribution in [-0.2, 0) is 19.4 Å². The van der Waals surface area contributed by atoms with Crippen molar-refractivity contribution in [2.75, 3.05) is 17.6 Å². The summed E-state index contributed by atoms with van der Waals surface area (Å²) in [6.45, 7) is 5.97. The molecule has 1 fully saturated rings. The van der Waals surface area contributed by atoms with Gasteiger partial charge in [-0.05, 0) is 29.7 Å². The van der Waals surface area contributed by atoms with Gasteiger partial charge in [0.1, 0.15) is 0 Å². The number of hydrogen-bond donors (Lipinski definition) is 2. The van der Waals surface area contributed by atoms with Crippen LogP contribution in [0.3, 0.4) is 0 Å². The zero-order valence-electron chi connectivity index (χ0n) is 19.4. The molecule has 1 aliphatic rings. The summed E-state index contributed by atoms with van der Waals surface area (Å²) in [6, 6.07) is 17.9. The van der Waals surface area contributed by atoms with Crippen LogP contribution < -0.4 is 10.6 Å². The highest BCUT2D eigenvalue weighted by molar-refractivity contribution is 7.91. The quantitative estimate of drug-likeness (QED) is 0.562. The van der Waals surface area contributed by atoms with E-state index in [9.17, 15) is 18.0 Å². The number of anilines is 1. The van der Waals surface area contributed by atoms with E-state index >= 15 is 0 Å². The van der Waals surface area contributed by atoms with Gasteiger partial charge in [0.25, 0.3) is 0 Å². The summed E-state index contributed by atoms with van der Waals surface area (Å²) in [6.07, 6.45) is 0.145. The smallest absolute Gasteiger partial charge is 0.230 e. The maximum Gasteiger partial charge on any atom is 0.230 e. The molecule has 0 aliphatic carbocycles. The van der Waals surface area contributed by atoms with Gasteiger partial charge in [0.15, 0.2) is 15.7 Å².